The summed E-state index contributed by atoms with van der Waals surface area (Å²) in [4.78, 5) is 27.8. The van der Waals surface area contributed by atoms with Crippen LogP contribution in [0.3, 0.4) is 0 Å². The molecule has 0 aliphatic heterocycles. The molecule has 8 nitrogen and oxygen atoms in total. The lowest BCUT2D eigenvalue weighted by molar-refractivity contribution is 0.420. The minimum absolute atomic E-state index is 0.00917. The van der Waals surface area contributed by atoms with Crippen molar-refractivity contribution >= 4 is 11.2 Å². The zero-order valence-corrected chi connectivity index (χ0v) is 13.6. The van der Waals surface area contributed by atoms with Gasteiger partial charge in [0.2, 0.25) is 5.56 Å². The van der Waals surface area contributed by atoms with E-state index in [-0.39, 0.29) is 5.56 Å². The number of aromatic amines is 1. The van der Waals surface area contributed by atoms with Gasteiger partial charge in [0.05, 0.1) is 11.1 Å². The third kappa shape index (κ3) is 3.06. The van der Waals surface area contributed by atoms with Crippen LogP contribution in [0.25, 0.3) is 22.6 Å². The van der Waals surface area contributed by atoms with E-state index in [1.807, 2.05) is 19.1 Å². The van der Waals surface area contributed by atoms with Crippen molar-refractivity contribution in [1.29, 1.82) is 0 Å². The molecule has 0 aromatic carbocycles. The first-order valence-electron chi connectivity index (χ1n) is 8.00. The molecule has 1 N–H and O–H groups in total. The minimum atomic E-state index is -0.00917. The number of pyridine rings is 2. The van der Waals surface area contributed by atoms with E-state index in [1.165, 1.54) is 0 Å². The summed E-state index contributed by atoms with van der Waals surface area (Å²) in [6, 6.07) is 6.94. The maximum absolute atomic E-state index is 11.7. The number of aromatic nitrogens is 6. The number of rotatable bonds is 5. The molecule has 25 heavy (non-hydrogen) atoms. The van der Waals surface area contributed by atoms with Crippen LogP contribution in [0.5, 0.6) is 0 Å². The fourth-order valence-electron chi connectivity index (χ4n) is 2.72. The second kappa shape index (κ2) is 6.31. The van der Waals surface area contributed by atoms with Gasteiger partial charge in [-0.25, -0.2) is 9.97 Å². The Morgan fingerprint density at radius 1 is 1.24 bits per heavy atom. The lowest BCUT2D eigenvalue weighted by Gasteiger charge is -2.02. The lowest BCUT2D eigenvalue weighted by Crippen LogP contribution is -2.18. The van der Waals surface area contributed by atoms with E-state index in [0.717, 1.165) is 23.3 Å². The first kappa shape index (κ1) is 15.3. The molecular formula is C17H16N6O2. The summed E-state index contributed by atoms with van der Waals surface area (Å²) in [5.74, 6) is 1.83. The van der Waals surface area contributed by atoms with Crippen molar-refractivity contribution in [1.82, 2.24) is 29.7 Å². The van der Waals surface area contributed by atoms with Crippen LogP contribution in [0.4, 0.5) is 0 Å². The molecule has 0 saturated carbocycles. The molecule has 8 heteroatoms. The Balaban J connectivity index is 1.50. The van der Waals surface area contributed by atoms with Crippen molar-refractivity contribution < 1.29 is 4.52 Å². The topological polar surface area (TPSA) is 102 Å². The predicted molar refractivity (Wildman–Crippen MR) is 90.9 cm³/mol. The van der Waals surface area contributed by atoms with Crippen molar-refractivity contribution in [3.8, 4) is 11.5 Å². The third-order valence-corrected chi connectivity index (χ3v) is 3.91. The maximum Gasteiger partial charge on any atom is 0.260 e. The average molecular weight is 336 g/mol. The van der Waals surface area contributed by atoms with Crippen LogP contribution >= 0.6 is 0 Å². The lowest BCUT2D eigenvalue weighted by atomic mass is 10.2. The van der Waals surface area contributed by atoms with Crippen LogP contribution in [-0.4, -0.2) is 29.7 Å². The van der Waals surface area contributed by atoms with E-state index in [1.54, 1.807) is 29.1 Å². The highest BCUT2D eigenvalue weighted by Gasteiger charge is 2.14. The number of H-pyrrole nitrogens is 1. The van der Waals surface area contributed by atoms with Gasteiger partial charge in [-0.3, -0.25) is 4.79 Å². The van der Waals surface area contributed by atoms with Crippen molar-refractivity contribution in [2.24, 2.45) is 0 Å². The van der Waals surface area contributed by atoms with Crippen LogP contribution in [0.1, 0.15) is 18.1 Å². The van der Waals surface area contributed by atoms with Gasteiger partial charge in [0.15, 0.2) is 11.5 Å². The second-order valence-electron chi connectivity index (χ2n) is 5.73. The summed E-state index contributed by atoms with van der Waals surface area (Å²) >= 11 is 0. The molecule has 0 spiro atoms. The normalized spacial score (nSPS) is 11.2. The second-order valence-corrected chi connectivity index (χ2v) is 5.73. The van der Waals surface area contributed by atoms with Gasteiger partial charge in [0.25, 0.3) is 5.89 Å². The standard InChI is InChI=1S/C17H16N6O2/c1-11-19-15-12(7-8-18-16(15)20-11)17-21-13(22-25-17)5-4-10-23-9-3-2-6-14(23)24/h2-3,6-9H,4-5,10H2,1H3,(H,18,19,20). The number of aryl methyl sites for hydroxylation is 3. The molecular weight excluding hydrogens is 320 g/mol. The molecule has 0 unspecified atom stereocenters. The number of nitrogens with zero attached hydrogens (tertiary/aromatic N) is 5. The van der Waals surface area contributed by atoms with Crippen LogP contribution in [0.15, 0.2) is 46.0 Å². The zero-order valence-electron chi connectivity index (χ0n) is 13.6. The van der Waals surface area contributed by atoms with Crippen molar-refractivity contribution in [3.05, 3.63) is 58.7 Å². The molecule has 4 heterocycles. The van der Waals surface area contributed by atoms with E-state index in [9.17, 15) is 4.79 Å². The molecule has 0 bridgehead atoms. The van der Waals surface area contributed by atoms with Gasteiger partial charge in [0, 0.05) is 31.4 Å². The van der Waals surface area contributed by atoms with Crippen LogP contribution < -0.4 is 5.56 Å². The fraction of sp³-hybridized carbons (Fsp3) is 0.235. The Hall–Kier alpha value is -3.29. The molecule has 0 saturated heterocycles. The summed E-state index contributed by atoms with van der Waals surface area (Å²) in [7, 11) is 0. The number of hydrogen-bond acceptors (Lipinski definition) is 6. The summed E-state index contributed by atoms with van der Waals surface area (Å²) in [5, 5.41) is 4.03. The number of imidazole rings is 1. The Bertz CT molecular complexity index is 1080. The molecule has 0 radical (unpaired) electrons. The molecule has 4 rings (SSSR count). The highest BCUT2D eigenvalue weighted by atomic mass is 16.5. The molecule has 0 aliphatic carbocycles. The first-order chi connectivity index (χ1) is 12.2. The zero-order chi connectivity index (χ0) is 17.2. The highest BCUT2D eigenvalue weighted by molar-refractivity contribution is 5.86. The molecule has 0 amide bonds. The van der Waals surface area contributed by atoms with Crippen molar-refractivity contribution in [3.63, 3.8) is 0 Å². The largest absolute Gasteiger partial charge is 0.340 e. The average Bonchev–Trinajstić information content (AvgIpc) is 3.22. The van der Waals surface area contributed by atoms with E-state index in [0.29, 0.717) is 30.3 Å². The number of nitrogens with one attached hydrogen (secondary N) is 1. The van der Waals surface area contributed by atoms with Gasteiger partial charge >= 0.3 is 0 Å². The highest BCUT2D eigenvalue weighted by Crippen LogP contribution is 2.24. The van der Waals surface area contributed by atoms with E-state index < -0.39 is 0 Å². The van der Waals surface area contributed by atoms with Gasteiger partial charge < -0.3 is 14.1 Å². The number of fused-ring (bicyclic) bond motifs is 1. The molecule has 126 valence electrons. The Morgan fingerprint density at radius 3 is 3.04 bits per heavy atom. The van der Waals surface area contributed by atoms with Crippen LogP contribution in [0, 0.1) is 6.92 Å². The Morgan fingerprint density at radius 2 is 2.16 bits per heavy atom. The third-order valence-electron chi connectivity index (χ3n) is 3.91. The Labute approximate surface area is 142 Å². The molecule has 0 atom stereocenters. The predicted octanol–water partition coefficient (Wildman–Crippen LogP) is 2.11. The van der Waals surface area contributed by atoms with Crippen LogP contribution in [0.2, 0.25) is 0 Å². The minimum Gasteiger partial charge on any atom is -0.340 e. The molecule has 0 aliphatic rings. The van der Waals surface area contributed by atoms with Gasteiger partial charge in [-0.2, -0.15) is 4.98 Å². The smallest absolute Gasteiger partial charge is 0.260 e. The summed E-state index contributed by atoms with van der Waals surface area (Å²) in [6.45, 7) is 2.49. The van der Waals surface area contributed by atoms with Crippen molar-refractivity contribution in [2.45, 2.75) is 26.3 Å². The van der Waals surface area contributed by atoms with Gasteiger partial charge in [-0.1, -0.05) is 11.2 Å². The van der Waals surface area contributed by atoms with E-state index in [4.69, 9.17) is 4.52 Å². The molecule has 4 aromatic heterocycles. The molecule has 0 fully saturated rings. The van der Waals surface area contributed by atoms with Gasteiger partial charge in [0.1, 0.15) is 5.82 Å². The SMILES string of the molecule is Cc1nc2nccc(-c3nc(CCCn4ccccc4=O)no3)c2[nH]1. The summed E-state index contributed by atoms with van der Waals surface area (Å²) in [5.41, 5.74) is 2.18. The summed E-state index contributed by atoms with van der Waals surface area (Å²) < 4.78 is 7.06. The number of hydrogen-bond donors (Lipinski definition) is 1. The monoisotopic (exact) mass is 336 g/mol. The first-order valence-corrected chi connectivity index (χ1v) is 8.00. The van der Waals surface area contributed by atoms with Gasteiger partial charge in [-0.15, -0.1) is 0 Å². The summed E-state index contributed by atoms with van der Waals surface area (Å²) in [6.07, 6.45) is 4.82. The Kier molecular flexibility index (Phi) is 3.85. The maximum atomic E-state index is 11.7. The van der Waals surface area contributed by atoms with E-state index >= 15 is 0 Å². The quantitative estimate of drug-likeness (QED) is 0.599. The van der Waals surface area contributed by atoms with Gasteiger partial charge in [-0.05, 0) is 25.5 Å². The van der Waals surface area contributed by atoms with E-state index in [2.05, 4.69) is 25.1 Å². The fourth-order valence-corrected chi connectivity index (χ4v) is 2.72. The van der Waals surface area contributed by atoms with Crippen LogP contribution in [-0.2, 0) is 13.0 Å². The molecule has 4 aromatic rings. The van der Waals surface area contributed by atoms with Crippen molar-refractivity contribution in [2.75, 3.05) is 0 Å².